The van der Waals surface area contributed by atoms with Crippen LogP contribution in [0, 0.1) is 4.64 Å². The predicted octanol–water partition coefficient (Wildman–Crippen LogP) is 3.04. The van der Waals surface area contributed by atoms with Crippen molar-refractivity contribution in [3.05, 3.63) is 38.7 Å². The van der Waals surface area contributed by atoms with Crippen LogP contribution in [0.4, 0.5) is 0 Å². The van der Waals surface area contributed by atoms with Gasteiger partial charge in [-0.05, 0) is 28.1 Å². The number of ether oxygens (including phenoxy) is 1. The maximum Gasteiger partial charge on any atom is 0.157 e. The lowest BCUT2D eigenvalue weighted by Gasteiger charge is -2.16. The van der Waals surface area contributed by atoms with Gasteiger partial charge in [-0.3, -0.25) is 4.98 Å². The molecule has 0 saturated carbocycles. The summed E-state index contributed by atoms with van der Waals surface area (Å²) in [5, 5.41) is 0. The van der Waals surface area contributed by atoms with E-state index in [0.29, 0.717) is 17.1 Å². The molecule has 0 fully saturated rings. The zero-order valence-electron chi connectivity index (χ0n) is 9.44. The van der Waals surface area contributed by atoms with E-state index in [1.54, 1.807) is 6.20 Å². The van der Waals surface area contributed by atoms with Crippen LogP contribution in [0.5, 0.6) is 0 Å². The van der Waals surface area contributed by atoms with Gasteiger partial charge < -0.3 is 9.72 Å². The molecule has 3 rings (SSSR count). The maximum atomic E-state index is 5.39. The third-order valence-corrected chi connectivity index (χ3v) is 3.62. The summed E-state index contributed by atoms with van der Waals surface area (Å²) in [7, 11) is 0. The smallest absolute Gasteiger partial charge is 0.157 e. The molecule has 92 valence electrons. The van der Waals surface area contributed by atoms with Gasteiger partial charge in [0.25, 0.3) is 0 Å². The highest BCUT2D eigenvalue weighted by Crippen LogP contribution is 2.20. The summed E-state index contributed by atoms with van der Waals surface area (Å²) in [5.41, 5.74) is 2.90. The molecule has 0 radical (unpaired) electrons. The topological polar surface area (TPSA) is 50.8 Å². The van der Waals surface area contributed by atoms with Gasteiger partial charge in [-0.15, -0.1) is 0 Å². The highest BCUT2D eigenvalue weighted by atomic mass is 79.9. The van der Waals surface area contributed by atoms with Crippen LogP contribution < -0.4 is 0 Å². The van der Waals surface area contributed by atoms with E-state index in [2.05, 4.69) is 30.9 Å². The highest BCUT2D eigenvalue weighted by Gasteiger charge is 2.14. The van der Waals surface area contributed by atoms with E-state index in [9.17, 15) is 0 Å². The molecule has 6 heteroatoms. The first kappa shape index (κ1) is 12.0. The Morgan fingerprint density at radius 3 is 3.06 bits per heavy atom. The molecule has 1 aliphatic rings. The van der Waals surface area contributed by atoms with Crippen molar-refractivity contribution in [2.75, 3.05) is 6.61 Å². The Hall–Kier alpha value is -1.11. The largest absolute Gasteiger partial charge is 0.376 e. The molecule has 4 nitrogen and oxygen atoms in total. The van der Waals surface area contributed by atoms with E-state index >= 15 is 0 Å². The van der Waals surface area contributed by atoms with E-state index in [0.717, 1.165) is 34.5 Å². The summed E-state index contributed by atoms with van der Waals surface area (Å²) in [5.74, 6) is 0.716. The van der Waals surface area contributed by atoms with E-state index in [4.69, 9.17) is 17.0 Å². The van der Waals surface area contributed by atoms with Crippen molar-refractivity contribution in [3.63, 3.8) is 0 Å². The lowest BCUT2D eigenvalue weighted by molar-refractivity contribution is 0.108. The fourth-order valence-corrected chi connectivity index (χ4v) is 2.40. The maximum absolute atomic E-state index is 5.39. The lowest BCUT2D eigenvalue weighted by atomic mass is 10.1. The molecule has 18 heavy (non-hydrogen) atoms. The monoisotopic (exact) mass is 323 g/mol. The van der Waals surface area contributed by atoms with Gasteiger partial charge in [0.2, 0.25) is 0 Å². The summed E-state index contributed by atoms with van der Waals surface area (Å²) >= 11 is 8.67. The molecule has 0 bridgehead atoms. The number of aromatic amines is 1. The van der Waals surface area contributed by atoms with Crippen LogP contribution in [0.25, 0.3) is 11.5 Å². The second kappa shape index (κ2) is 4.87. The van der Waals surface area contributed by atoms with E-state index < -0.39 is 0 Å². The van der Waals surface area contributed by atoms with Gasteiger partial charge in [0.1, 0.15) is 10.3 Å². The van der Waals surface area contributed by atoms with Crippen LogP contribution in [0.2, 0.25) is 0 Å². The molecule has 0 saturated heterocycles. The molecule has 0 amide bonds. The first-order valence-electron chi connectivity index (χ1n) is 5.56. The number of H-pyrrole nitrogens is 1. The Bertz CT molecular complexity index is 639. The number of halogens is 1. The average molecular weight is 324 g/mol. The Morgan fingerprint density at radius 1 is 1.39 bits per heavy atom. The van der Waals surface area contributed by atoms with E-state index in [1.807, 2.05) is 12.1 Å². The Morgan fingerprint density at radius 2 is 2.28 bits per heavy atom. The zero-order chi connectivity index (χ0) is 12.5. The standard InChI is InChI=1S/C12H10BrN3OS/c13-7-1-2-10(14-5-7)11-15-9-3-4-17-6-8(9)12(18)16-11/h1-2,5H,3-4,6H2,(H,15,16,18). The zero-order valence-corrected chi connectivity index (χ0v) is 11.8. The van der Waals surface area contributed by atoms with Crippen molar-refractivity contribution in [3.8, 4) is 11.5 Å². The Labute approximate surface area is 118 Å². The molecule has 2 aromatic rings. The van der Waals surface area contributed by atoms with Gasteiger partial charge in [-0.2, -0.15) is 0 Å². The third kappa shape index (κ3) is 2.23. The summed E-state index contributed by atoms with van der Waals surface area (Å²) in [6, 6.07) is 3.84. The van der Waals surface area contributed by atoms with Crippen LogP contribution in [0.1, 0.15) is 11.3 Å². The van der Waals surface area contributed by atoms with Crippen LogP contribution in [0.15, 0.2) is 22.8 Å². The van der Waals surface area contributed by atoms with Crippen LogP contribution in [-0.2, 0) is 17.8 Å². The van der Waals surface area contributed by atoms with Gasteiger partial charge in [0.15, 0.2) is 5.82 Å². The number of fused-ring (bicyclic) bond motifs is 1. The quantitative estimate of drug-likeness (QED) is 0.819. The molecule has 0 aliphatic carbocycles. The van der Waals surface area contributed by atoms with Gasteiger partial charge in [0.05, 0.1) is 13.2 Å². The van der Waals surface area contributed by atoms with Crippen molar-refractivity contribution in [1.29, 1.82) is 0 Å². The lowest BCUT2D eigenvalue weighted by Crippen LogP contribution is -2.14. The van der Waals surface area contributed by atoms with Crippen molar-refractivity contribution in [1.82, 2.24) is 15.0 Å². The molecular formula is C12H10BrN3OS. The predicted molar refractivity (Wildman–Crippen MR) is 73.7 cm³/mol. The van der Waals surface area contributed by atoms with Crippen LogP contribution >= 0.6 is 28.1 Å². The number of nitrogens with one attached hydrogen (secondary N) is 1. The van der Waals surface area contributed by atoms with Gasteiger partial charge in [0, 0.05) is 28.3 Å². The minimum absolute atomic E-state index is 0.547. The summed E-state index contributed by atoms with van der Waals surface area (Å²) in [6.45, 7) is 1.27. The molecular weight excluding hydrogens is 314 g/mol. The summed E-state index contributed by atoms with van der Waals surface area (Å²) in [4.78, 5) is 12.0. The van der Waals surface area contributed by atoms with Crippen LogP contribution in [0.3, 0.4) is 0 Å². The highest BCUT2D eigenvalue weighted by molar-refractivity contribution is 9.10. The van der Waals surface area contributed by atoms with Gasteiger partial charge in [-0.25, -0.2) is 4.98 Å². The van der Waals surface area contributed by atoms with E-state index in [1.165, 1.54) is 0 Å². The minimum atomic E-state index is 0.547. The molecule has 0 spiro atoms. The number of aromatic nitrogens is 3. The number of nitrogens with zero attached hydrogens (tertiary/aromatic N) is 2. The Balaban J connectivity index is 2.11. The fraction of sp³-hybridized carbons (Fsp3) is 0.250. The number of rotatable bonds is 1. The van der Waals surface area contributed by atoms with Gasteiger partial charge >= 0.3 is 0 Å². The Kier molecular flexibility index (Phi) is 3.23. The second-order valence-electron chi connectivity index (χ2n) is 4.01. The summed E-state index contributed by atoms with van der Waals surface area (Å²) in [6.07, 6.45) is 2.58. The van der Waals surface area contributed by atoms with Crippen LogP contribution in [-0.4, -0.2) is 21.6 Å². The number of hydrogen-bond acceptors (Lipinski definition) is 4. The van der Waals surface area contributed by atoms with E-state index in [-0.39, 0.29) is 0 Å². The first-order valence-corrected chi connectivity index (χ1v) is 6.76. The molecule has 1 N–H and O–H groups in total. The first-order chi connectivity index (χ1) is 8.74. The molecule has 0 atom stereocenters. The molecule has 0 unspecified atom stereocenters. The summed E-state index contributed by atoms with van der Waals surface area (Å²) < 4.78 is 6.93. The SMILES string of the molecule is S=c1nc(-c2ccc(Br)cn2)[nH]c2c1COCC2. The van der Waals surface area contributed by atoms with Crippen molar-refractivity contribution < 1.29 is 4.74 Å². The minimum Gasteiger partial charge on any atom is -0.376 e. The number of hydrogen-bond donors (Lipinski definition) is 1. The fourth-order valence-electron chi connectivity index (χ4n) is 1.89. The molecule has 3 heterocycles. The molecule has 2 aromatic heterocycles. The van der Waals surface area contributed by atoms with Crippen molar-refractivity contribution in [2.24, 2.45) is 0 Å². The van der Waals surface area contributed by atoms with Crippen molar-refractivity contribution >= 4 is 28.1 Å². The normalized spacial score (nSPS) is 14.3. The number of pyridine rings is 1. The van der Waals surface area contributed by atoms with Gasteiger partial charge in [-0.1, -0.05) is 12.2 Å². The third-order valence-electron chi connectivity index (χ3n) is 2.82. The average Bonchev–Trinajstić information content (AvgIpc) is 2.39. The molecule has 0 aromatic carbocycles. The molecule has 1 aliphatic heterocycles. The second-order valence-corrected chi connectivity index (χ2v) is 5.31. The van der Waals surface area contributed by atoms with Crippen molar-refractivity contribution in [2.45, 2.75) is 13.0 Å².